The van der Waals surface area contributed by atoms with E-state index in [2.05, 4.69) is 24.8 Å². The van der Waals surface area contributed by atoms with E-state index in [0.717, 1.165) is 50.8 Å². The zero-order valence-corrected chi connectivity index (χ0v) is 16.9. The molecule has 4 nitrogen and oxygen atoms in total. The number of benzene rings is 1. The van der Waals surface area contributed by atoms with E-state index in [9.17, 15) is 10.2 Å². The van der Waals surface area contributed by atoms with E-state index in [1.54, 1.807) is 13.2 Å². The summed E-state index contributed by atoms with van der Waals surface area (Å²) in [6.45, 7) is 6.69. The molecule has 1 aromatic rings. The van der Waals surface area contributed by atoms with E-state index < -0.39 is 5.60 Å². The lowest BCUT2D eigenvalue weighted by Crippen LogP contribution is -2.77. The summed E-state index contributed by atoms with van der Waals surface area (Å²) >= 11 is 0. The predicted molar refractivity (Wildman–Crippen MR) is 105 cm³/mol. The SMILES string of the molecule is CCC(C)CN1C[C@@]23CCCCC4(C2)c2c(ccc(O)c2OC)CC1C43O. The summed E-state index contributed by atoms with van der Waals surface area (Å²) in [5, 5.41) is 22.9. The van der Waals surface area contributed by atoms with Gasteiger partial charge in [0.05, 0.1) is 12.7 Å². The average Bonchev–Trinajstić information content (AvgIpc) is 2.80. The van der Waals surface area contributed by atoms with Crippen molar-refractivity contribution in [3.8, 4) is 11.5 Å². The molecule has 4 unspecified atom stereocenters. The largest absolute Gasteiger partial charge is 0.504 e. The number of nitrogens with zero attached hydrogens (tertiary/aromatic N) is 1. The maximum atomic E-state index is 12.4. The fourth-order valence-electron chi connectivity index (χ4n) is 7.51. The van der Waals surface area contributed by atoms with Crippen molar-refractivity contribution in [2.75, 3.05) is 20.2 Å². The minimum absolute atomic E-state index is 0.0236. The summed E-state index contributed by atoms with van der Waals surface area (Å²) in [6, 6.07) is 4.04. The molecule has 2 spiro atoms. The van der Waals surface area contributed by atoms with Gasteiger partial charge < -0.3 is 14.9 Å². The van der Waals surface area contributed by atoms with Crippen molar-refractivity contribution in [2.45, 2.75) is 75.9 Å². The van der Waals surface area contributed by atoms with Crippen LogP contribution in [0.25, 0.3) is 0 Å². The van der Waals surface area contributed by atoms with E-state index in [1.165, 1.54) is 18.4 Å². The van der Waals surface area contributed by atoms with Gasteiger partial charge in [-0.3, -0.25) is 4.90 Å². The molecule has 1 aromatic carbocycles. The van der Waals surface area contributed by atoms with Crippen LogP contribution in [0.4, 0.5) is 0 Å². The fourth-order valence-corrected chi connectivity index (χ4v) is 7.51. The Bertz CT molecular complexity index is 779. The van der Waals surface area contributed by atoms with Crippen LogP contribution in [-0.2, 0) is 11.8 Å². The Kier molecular flexibility index (Phi) is 3.72. The van der Waals surface area contributed by atoms with Gasteiger partial charge in [-0.25, -0.2) is 0 Å². The molecule has 4 aliphatic rings. The Labute approximate surface area is 162 Å². The first kappa shape index (κ1) is 17.8. The number of fused-ring (bicyclic) bond motifs is 1. The van der Waals surface area contributed by atoms with E-state index in [4.69, 9.17) is 4.74 Å². The van der Waals surface area contributed by atoms with Gasteiger partial charge in [0.2, 0.25) is 0 Å². The number of phenols is 1. The third kappa shape index (κ3) is 1.91. The van der Waals surface area contributed by atoms with E-state index >= 15 is 0 Å². The number of phenolic OH excluding ortho intramolecular Hbond substituents is 1. The molecule has 0 amide bonds. The number of hydrogen-bond acceptors (Lipinski definition) is 4. The zero-order chi connectivity index (χ0) is 19.0. The van der Waals surface area contributed by atoms with Crippen LogP contribution in [-0.4, -0.2) is 47.0 Å². The fraction of sp³-hybridized carbons (Fsp3) is 0.739. The number of aromatic hydroxyl groups is 1. The highest BCUT2D eigenvalue weighted by Crippen LogP contribution is 2.76. The zero-order valence-electron chi connectivity index (χ0n) is 16.9. The van der Waals surface area contributed by atoms with Crippen molar-refractivity contribution in [2.24, 2.45) is 11.3 Å². The Morgan fingerprint density at radius 3 is 2.81 bits per heavy atom. The molecule has 1 aliphatic heterocycles. The van der Waals surface area contributed by atoms with Crippen molar-refractivity contribution in [1.82, 2.24) is 4.90 Å². The first-order valence-corrected chi connectivity index (χ1v) is 10.8. The second-order valence-electron chi connectivity index (χ2n) is 9.83. The molecule has 148 valence electrons. The predicted octanol–water partition coefficient (Wildman–Crippen LogP) is 3.62. The lowest BCUT2D eigenvalue weighted by molar-refractivity contribution is -0.225. The third-order valence-corrected chi connectivity index (χ3v) is 8.68. The quantitative estimate of drug-likeness (QED) is 0.849. The topological polar surface area (TPSA) is 52.9 Å². The number of rotatable bonds is 4. The van der Waals surface area contributed by atoms with Crippen LogP contribution in [0.2, 0.25) is 0 Å². The van der Waals surface area contributed by atoms with Crippen molar-refractivity contribution in [1.29, 1.82) is 0 Å². The average molecular weight is 372 g/mol. The first-order valence-electron chi connectivity index (χ1n) is 10.8. The standard InChI is InChI=1S/C23H33NO3/c1-4-15(2)12-24-14-21-9-5-6-10-22(13-21)19-16(11-18(24)23(21,22)26)7-8-17(25)20(19)27-3/h7-8,15,18,25-26H,4-6,9-14H2,1-3H3/t15?,18?,21-,22?,23?/m1/s1. The molecule has 5 rings (SSSR count). The highest BCUT2D eigenvalue weighted by atomic mass is 16.5. The highest BCUT2D eigenvalue weighted by Gasteiger charge is 2.82. The summed E-state index contributed by atoms with van der Waals surface area (Å²) in [5.74, 6) is 1.47. The molecule has 0 radical (unpaired) electrons. The van der Waals surface area contributed by atoms with Crippen molar-refractivity contribution in [3.05, 3.63) is 23.3 Å². The Morgan fingerprint density at radius 2 is 2.07 bits per heavy atom. The van der Waals surface area contributed by atoms with Crippen LogP contribution < -0.4 is 4.74 Å². The lowest BCUT2D eigenvalue weighted by atomic mass is 9.37. The van der Waals surface area contributed by atoms with E-state index in [-0.39, 0.29) is 22.6 Å². The number of likely N-dealkylation sites (tertiary alicyclic amines) is 1. The summed E-state index contributed by atoms with van der Waals surface area (Å²) < 4.78 is 5.69. The molecule has 2 N–H and O–H groups in total. The highest BCUT2D eigenvalue weighted by molar-refractivity contribution is 5.61. The van der Waals surface area contributed by atoms with Gasteiger partial charge in [-0.15, -0.1) is 0 Å². The van der Waals surface area contributed by atoms with Crippen LogP contribution >= 0.6 is 0 Å². The Balaban J connectivity index is 1.69. The maximum absolute atomic E-state index is 12.4. The van der Waals surface area contributed by atoms with Crippen LogP contribution in [0.3, 0.4) is 0 Å². The normalized spacial score (nSPS) is 40.5. The van der Waals surface area contributed by atoms with Crippen LogP contribution in [0.5, 0.6) is 11.5 Å². The van der Waals surface area contributed by atoms with Gasteiger partial charge in [0.1, 0.15) is 0 Å². The van der Waals surface area contributed by atoms with Gasteiger partial charge in [0.15, 0.2) is 11.5 Å². The second-order valence-corrected chi connectivity index (χ2v) is 9.83. The molecule has 0 aromatic heterocycles. The molecule has 5 atom stereocenters. The minimum atomic E-state index is -0.683. The molecular formula is C23H33NO3. The van der Waals surface area contributed by atoms with Crippen molar-refractivity contribution in [3.63, 3.8) is 0 Å². The first-order chi connectivity index (χ1) is 12.9. The summed E-state index contributed by atoms with van der Waals surface area (Å²) in [4.78, 5) is 2.61. The van der Waals surface area contributed by atoms with E-state index in [1.807, 2.05) is 0 Å². The Morgan fingerprint density at radius 1 is 1.30 bits per heavy atom. The maximum Gasteiger partial charge on any atom is 0.164 e. The smallest absolute Gasteiger partial charge is 0.164 e. The van der Waals surface area contributed by atoms with Gasteiger partial charge in [-0.05, 0) is 43.2 Å². The Hall–Kier alpha value is -1.26. The summed E-state index contributed by atoms with van der Waals surface area (Å²) in [7, 11) is 1.65. The van der Waals surface area contributed by atoms with E-state index in [0.29, 0.717) is 11.7 Å². The number of ether oxygens (including phenoxy) is 1. The molecule has 1 saturated heterocycles. The number of aliphatic hydroxyl groups is 1. The van der Waals surface area contributed by atoms with Crippen molar-refractivity contribution >= 4 is 0 Å². The van der Waals surface area contributed by atoms with Gasteiger partial charge >= 0.3 is 0 Å². The van der Waals surface area contributed by atoms with Crippen LogP contribution in [0, 0.1) is 11.3 Å². The number of methoxy groups -OCH3 is 1. The summed E-state index contributed by atoms with van der Waals surface area (Å²) in [5.41, 5.74) is 1.47. The number of hydrogen-bond donors (Lipinski definition) is 2. The molecule has 2 bridgehead atoms. The lowest BCUT2D eigenvalue weighted by Gasteiger charge is -2.68. The monoisotopic (exact) mass is 371 g/mol. The molecule has 2 saturated carbocycles. The van der Waals surface area contributed by atoms with Crippen molar-refractivity contribution < 1.29 is 14.9 Å². The third-order valence-electron chi connectivity index (χ3n) is 8.68. The molecule has 4 heteroatoms. The van der Waals surface area contributed by atoms with Gasteiger partial charge in [-0.2, -0.15) is 0 Å². The molecular weight excluding hydrogens is 338 g/mol. The van der Waals surface area contributed by atoms with Gasteiger partial charge in [0, 0.05) is 35.5 Å². The summed E-state index contributed by atoms with van der Waals surface area (Å²) in [6.07, 6.45) is 7.57. The molecule has 1 heterocycles. The van der Waals surface area contributed by atoms with Gasteiger partial charge in [-0.1, -0.05) is 39.2 Å². The molecule has 3 fully saturated rings. The molecule has 27 heavy (non-hydrogen) atoms. The van der Waals surface area contributed by atoms with Crippen LogP contribution in [0.15, 0.2) is 12.1 Å². The van der Waals surface area contributed by atoms with Crippen LogP contribution in [0.1, 0.15) is 63.5 Å². The molecule has 3 aliphatic carbocycles. The minimum Gasteiger partial charge on any atom is -0.504 e. The second kappa shape index (κ2) is 5.64. The van der Waals surface area contributed by atoms with Gasteiger partial charge in [0.25, 0.3) is 0 Å².